The molecule has 2 saturated heterocycles. The molecule has 7 heteroatoms. The van der Waals surface area contributed by atoms with Gasteiger partial charge in [-0.15, -0.1) is 0 Å². The summed E-state index contributed by atoms with van der Waals surface area (Å²) in [4.78, 5) is 30.6. The number of hydrogen-bond donors (Lipinski definition) is 1. The highest BCUT2D eigenvalue weighted by Crippen LogP contribution is 2.28. The first-order valence-electron chi connectivity index (χ1n) is 12.7. The van der Waals surface area contributed by atoms with Crippen LogP contribution < -0.4 is 10.1 Å². The number of likely N-dealkylation sites (N-methyl/N-ethyl adjacent to an activating group) is 1. The van der Waals surface area contributed by atoms with Crippen LogP contribution in [0.5, 0.6) is 5.75 Å². The Balaban J connectivity index is 1.13. The van der Waals surface area contributed by atoms with Crippen LogP contribution in [-0.2, 0) is 16.1 Å². The highest BCUT2D eigenvalue weighted by molar-refractivity contribution is 5.78. The summed E-state index contributed by atoms with van der Waals surface area (Å²) < 4.78 is 6.04. The van der Waals surface area contributed by atoms with Crippen LogP contribution in [0, 0.1) is 5.92 Å². The lowest BCUT2D eigenvalue weighted by Gasteiger charge is -2.35. The number of nitrogens with one attached hydrogen (secondary N) is 1. The molecule has 182 valence electrons. The van der Waals surface area contributed by atoms with Gasteiger partial charge in [0.05, 0.1) is 0 Å². The summed E-state index contributed by atoms with van der Waals surface area (Å²) in [6.45, 7) is 6.79. The Labute approximate surface area is 198 Å². The number of nitrogens with zero attached hydrogens (tertiary/aromatic N) is 3. The van der Waals surface area contributed by atoms with Crippen LogP contribution in [-0.4, -0.2) is 85.5 Å². The molecular formula is C26H40N4O3. The van der Waals surface area contributed by atoms with Gasteiger partial charge in [0.15, 0.2) is 0 Å². The van der Waals surface area contributed by atoms with Crippen molar-refractivity contribution in [3.05, 3.63) is 29.8 Å². The number of piperazine rings is 1. The summed E-state index contributed by atoms with van der Waals surface area (Å²) in [6.07, 6.45) is 7.39. The van der Waals surface area contributed by atoms with E-state index in [9.17, 15) is 9.59 Å². The molecule has 33 heavy (non-hydrogen) atoms. The lowest BCUT2D eigenvalue weighted by Crippen LogP contribution is -2.49. The van der Waals surface area contributed by atoms with Crippen LogP contribution in [0.25, 0.3) is 0 Å². The van der Waals surface area contributed by atoms with Crippen LogP contribution in [0.2, 0.25) is 0 Å². The van der Waals surface area contributed by atoms with Crippen molar-refractivity contribution in [3.8, 4) is 5.75 Å². The minimum absolute atomic E-state index is 0.167. The Morgan fingerprint density at radius 3 is 2.67 bits per heavy atom. The smallest absolute Gasteiger partial charge is 0.222 e. The molecule has 4 rings (SSSR count). The predicted octanol–water partition coefficient (Wildman–Crippen LogP) is 2.50. The topological polar surface area (TPSA) is 65.1 Å². The monoisotopic (exact) mass is 456 g/mol. The minimum Gasteiger partial charge on any atom is -0.492 e. The molecule has 1 N–H and O–H groups in total. The van der Waals surface area contributed by atoms with Crippen molar-refractivity contribution < 1.29 is 14.3 Å². The number of carbonyl (C=O) groups is 2. The number of amides is 2. The molecule has 0 unspecified atom stereocenters. The van der Waals surface area contributed by atoms with E-state index in [0.29, 0.717) is 24.9 Å². The summed E-state index contributed by atoms with van der Waals surface area (Å²) in [5.41, 5.74) is 1.22. The molecule has 0 spiro atoms. The number of ether oxygens (including phenoxy) is 1. The molecule has 2 amide bonds. The first-order chi connectivity index (χ1) is 16.0. The van der Waals surface area contributed by atoms with Crippen molar-refractivity contribution in [1.82, 2.24) is 20.0 Å². The molecule has 3 aliphatic rings. The van der Waals surface area contributed by atoms with Crippen LogP contribution in [0.3, 0.4) is 0 Å². The van der Waals surface area contributed by atoms with Gasteiger partial charge in [0.25, 0.3) is 0 Å². The lowest BCUT2D eigenvalue weighted by molar-refractivity contribution is -0.134. The highest BCUT2D eigenvalue weighted by atomic mass is 16.5. The Hall–Kier alpha value is -2.12. The Bertz CT molecular complexity index is 787. The third-order valence-electron chi connectivity index (χ3n) is 7.31. The zero-order chi connectivity index (χ0) is 23.0. The zero-order valence-electron chi connectivity index (χ0n) is 20.1. The van der Waals surface area contributed by atoms with Gasteiger partial charge in [-0.1, -0.05) is 25.0 Å². The van der Waals surface area contributed by atoms with Crippen molar-refractivity contribution in [2.75, 3.05) is 52.9 Å². The van der Waals surface area contributed by atoms with Crippen molar-refractivity contribution in [1.29, 1.82) is 0 Å². The minimum atomic E-state index is 0.167. The maximum atomic E-state index is 12.5. The molecule has 2 heterocycles. The van der Waals surface area contributed by atoms with E-state index in [1.54, 1.807) is 0 Å². The van der Waals surface area contributed by atoms with Gasteiger partial charge in [-0.25, -0.2) is 0 Å². The highest BCUT2D eigenvalue weighted by Gasteiger charge is 2.25. The van der Waals surface area contributed by atoms with E-state index in [1.165, 1.54) is 31.2 Å². The fraction of sp³-hybridized carbons (Fsp3) is 0.692. The summed E-state index contributed by atoms with van der Waals surface area (Å²) in [5.74, 6) is 2.05. The lowest BCUT2D eigenvalue weighted by atomic mass is 10.0. The molecule has 1 aliphatic carbocycles. The van der Waals surface area contributed by atoms with E-state index in [4.69, 9.17) is 4.74 Å². The second-order valence-electron chi connectivity index (χ2n) is 10.1. The van der Waals surface area contributed by atoms with Crippen LogP contribution in [0.4, 0.5) is 0 Å². The van der Waals surface area contributed by atoms with Gasteiger partial charge in [0.2, 0.25) is 11.8 Å². The Kier molecular flexibility index (Phi) is 8.62. The predicted molar refractivity (Wildman–Crippen MR) is 129 cm³/mol. The molecule has 0 aromatic heterocycles. The van der Waals surface area contributed by atoms with Gasteiger partial charge in [-0.05, 0) is 49.9 Å². The van der Waals surface area contributed by atoms with E-state index in [0.717, 1.165) is 64.4 Å². The summed E-state index contributed by atoms with van der Waals surface area (Å²) in [7, 11) is 2.09. The molecule has 3 fully saturated rings. The molecular weight excluding hydrogens is 416 g/mol. The molecule has 0 bridgehead atoms. The molecule has 7 nitrogen and oxygen atoms in total. The maximum Gasteiger partial charge on any atom is 0.222 e. The van der Waals surface area contributed by atoms with Crippen molar-refractivity contribution in [2.45, 2.75) is 57.5 Å². The van der Waals surface area contributed by atoms with Crippen molar-refractivity contribution in [3.63, 3.8) is 0 Å². The quantitative estimate of drug-likeness (QED) is 0.586. The van der Waals surface area contributed by atoms with E-state index >= 15 is 0 Å². The molecule has 1 saturated carbocycles. The van der Waals surface area contributed by atoms with Gasteiger partial charge >= 0.3 is 0 Å². The van der Waals surface area contributed by atoms with Gasteiger partial charge in [-0.2, -0.15) is 0 Å². The van der Waals surface area contributed by atoms with E-state index in [2.05, 4.69) is 39.2 Å². The first-order valence-corrected chi connectivity index (χ1v) is 12.7. The van der Waals surface area contributed by atoms with Gasteiger partial charge in [-0.3, -0.25) is 14.5 Å². The fourth-order valence-corrected chi connectivity index (χ4v) is 5.40. The second-order valence-corrected chi connectivity index (χ2v) is 10.1. The van der Waals surface area contributed by atoms with Crippen LogP contribution >= 0.6 is 0 Å². The summed E-state index contributed by atoms with van der Waals surface area (Å²) >= 11 is 0. The summed E-state index contributed by atoms with van der Waals surface area (Å²) in [6, 6.07) is 8.56. The van der Waals surface area contributed by atoms with Crippen LogP contribution in [0.15, 0.2) is 24.3 Å². The van der Waals surface area contributed by atoms with Gasteiger partial charge < -0.3 is 19.9 Å². The normalized spacial score (nSPS) is 22.2. The van der Waals surface area contributed by atoms with Crippen LogP contribution in [0.1, 0.15) is 50.5 Å². The molecule has 2 aliphatic heterocycles. The average molecular weight is 457 g/mol. The van der Waals surface area contributed by atoms with Gasteiger partial charge in [0, 0.05) is 64.7 Å². The zero-order valence-corrected chi connectivity index (χ0v) is 20.1. The number of hydrogen-bond acceptors (Lipinski definition) is 5. The SMILES string of the molecule is CN(Cc1cccc(OCCN2CCN(C(=O)CC3CCCC3)CC2)c1)C[C@H]1CCC(=O)N1. The third-order valence-corrected chi connectivity index (χ3v) is 7.31. The molecule has 1 aromatic rings. The summed E-state index contributed by atoms with van der Waals surface area (Å²) in [5, 5.41) is 3.03. The molecule has 0 radical (unpaired) electrons. The Morgan fingerprint density at radius 2 is 1.94 bits per heavy atom. The van der Waals surface area contributed by atoms with E-state index in [1.807, 2.05) is 12.1 Å². The molecule has 1 aromatic carbocycles. The Morgan fingerprint density at radius 1 is 1.15 bits per heavy atom. The van der Waals surface area contributed by atoms with E-state index in [-0.39, 0.29) is 11.9 Å². The fourth-order valence-electron chi connectivity index (χ4n) is 5.40. The van der Waals surface area contributed by atoms with Gasteiger partial charge in [0.1, 0.15) is 12.4 Å². The largest absolute Gasteiger partial charge is 0.492 e. The number of benzene rings is 1. The number of carbonyl (C=O) groups excluding carboxylic acids is 2. The standard InChI is InChI=1S/C26H40N4O3/c1-28(20-23-9-10-25(31)27-23)19-22-7-4-8-24(17-22)33-16-15-29-11-13-30(14-12-29)26(32)18-21-5-2-3-6-21/h4,7-8,17,21,23H,2-3,5-6,9-16,18-20H2,1H3,(H,27,31)/t23-/m1/s1. The maximum absolute atomic E-state index is 12.5. The van der Waals surface area contributed by atoms with Crippen molar-refractivity contribution in [2.24, 2.45) is 5.92 Å². The molecule has 1 atom stereocenters. The third kappa shape index (κ3) is 7.44. The second kappa shape index (κ2) is 11.8. The van der Waals surface area contributed by atoms with E-state index < -0.39 is 0 Å². The van der Waals surface area contributed by atoms with Crippen molar-refractivity contribution >= 4 is 11.8 Å². The number of rotatable bonds is 10. The first kappa shape index (κ1) is 24.0. The average Bonchev–Trinajstić information content (AvgIpc) is 3.46.